The molecule has 2 aliphatic rings. The number of likely N-dealkylation sites (N-methyl/N-ethyl adjacent to an activating group) is 1. The number of fused-ring (bicyclic) bond motifs is 1. The fourth-order valence-electron chi connectivity index (χ4n) is 5.66. The van der Waals surface area contributed by atoms with Crippen LogP contribution in [0.15, 0.2) is 48.8 Å². The van der Waals surface area contributed by atoms with E-state index in [1.54, 1.807) is 4.90 Å². The average molecular weight is 505 g/mol. The van der Waals surface area contributed by atoms with Crippen LogP contribution in [0.5, 0.6) is 0 Å². The van der Waals surface area contributed by atoms with Crippen LogP contribution in [0.2, 0.25) is 0 Å². The van der Waals surface area contributed by atoms with Crippen molar-refractivity contribution in [3.8, 4) is 11.1 Å². The van der Waals surface area contributed by atoms with Crippen molar-refractivity contribution in [2.75, 3.05) is 64.4 Å². The number of hydrogen-bond donors (Lipinski definition) is 0. The predicted molar refractivity (Wildman–Crippen MR) is 148 cm³/mol. The van der Waals surface area contributed by atoms with E-state index in [0.29, 0.717) is 25.7 Å². The summed E-state index contributed by atoms with van der Waals surface area (Å²) in [4.78, 5) is 21.3. The van der Waals surface area contributed by atoms with Crippen molar-refractivity contribution in [2.45, 2.75) is 39.3 Å². The summed E-state index contributed by atoms with van der Waals surface area (Å²) in [5.74, 6) is 0. The molecule has 2 saturated heterocycles. The molecule has 3 aromatic rings. The predicted octanol–water partition coefficient (Wildman–Crippen LogP) is 4.15. The number of anilines is 1. The second kappa shape index (κ2) is 10.3. The highest BCUT2D eigenvalue weighted by atomic mass is 16.6. The van der Waals surface area contributed by atoms with E-state index in [-0.39, 0.29) is 11.6 Å². The molecule has 0 N–H and O–H groups in total. The first-order valence-corrected chi connectivity index (χ1v) is 13.5. The Balaban J connectivity index is 1.36. The van der Waals surface area contributed by atoms with Gasteiger partial charge in [0.25, 0.3) is 0 Å². The number of benzene rings is 1. The van der Waals surface area contributed by atoms with Crippen molar-refractivity contribution in [1.29, 1.82) is 0 Å². The van der Waals surface area contributed by atoms with E-state index in [2.05, 4.69) is 90.2 Å². The van der Waals surface area contributed by atoms with Crippen molar-refractivity contribution >= 4 is 17.3 Å². The van der Waals surface area contributed by atoms with E-state index in [9.17, 15) is 4.79 Å². The molecule has 37 heavy (non-hydrogen) atoms. The average Bonchev–Trinajstić information content (AvgIpc) is 3.35. The number of carbonyl (C=O) groups is 1. The minimum atomic E-state index is -0.222. The van der Waals surface area contributed by atoms with Gasteiger partial charge in [0, 0.05) is 69.8 Å². The monoisotopic (exact) mass is 504 g/mol. The van der Waals surface area contributed by atoms with Gasteiger partial charge in [-0.15, -0.1) is 0 Å². The van der Waals surface area contributed by atoms with Gasteiger partial charge in [0.2, 0.25) is 0 Å². The lowest BCUT2D eigenvalue weighted by molar-refractivity contribution is 0.0102. The number of nitrogens with zero attached hydrogens (tertiary/aromatic N) is 6. The van der Waals surface area contributed by atoms with Crippen LogP contribution in [0.1, 0.15) is 33.3 Å². The lowest BCUT2D eigenvalue weighted by Gasteiger charge is -2.49. The third-order valence-electron chi connectivity index (χ3n) is 8.28. The first-order chi connectivity index (χ1) is 17.8. The van der Waals surface area contributed by atoms with Crippen molar-refractivity contribution < 1.29 is 9.53 Å². The lowest BCUT2D eigenvalue weighted by atomic mass is 9.86. The number of carbonyl (C=O) groups excluding carboxylic acids is 1. The fourth-order valence-corrected chi connectivity index (χ4v) is 5.66. The quantitative estimate of drug-likeness (QED) is 0.520. The molecular weight excluding hydrogens is 464 g/mol. The maximum absolute atomic E-state index is 12.1. The molecule has 0 aliphatic carbocycles. The van der Waals surface area contributed by atoms with Crippen LogP contribution in [-0.4, -0.2) is 95.9 Å². The van der Waals surface area contributed by atoms with Gasteiger partial charge in [-0.3, -0.25) is 9.80 Å². The summed E-state index contributed by atoms with van der Waals surface area (Å²) < 4.78 is 7.13. The maximum Gasteiger partial charge on any atom is 0.409 e. The van der Waals surface area contributed by atoms with Crippen LogP contribution >= 0.6 is 0 Å². The molecule has 2 fully saturated rings. The Labute approximate surface area is 220 Å². The largest absolute Gasteiger partial charge is 0.450 e. The van der Waals surface area contributed by atoms with Crippen LogP contribution in [0, 0.1) is 0 Å². The highest BCUT2D eigenvalue weighted by molar-refractivity contribution is 5.80. The van der Waals surface area contributed by atoms with E-state index in [0.717, 1.165) is 49.5 Å². The summed E-state index contributed by atoms with van der Waals surface area (Å²) in [6.45, 7) is 15.3. The summed E-state index contributed by atoms with van der Waals surface area (Å²) in [5.41, 5.74) is 5.92. The molecule has 1 amide bonds. The van der Waals surface area contributed by atoms with Crippen molar-refractivity contribution in [2.24, 2.45) is 0 Å². The smallest absolute Gasteiger partial charge is 0.409 e. The van der Waals surface area contributed by atoms with Crippen LogP contribution in [0.3, 0.4) is 0 Å². The highest BCUT2D eigenvalue weighted by Crippen LogP contribution is 2.34. The van der Waals surface area contributed by atoms with Gasteiger partial charge >= 0.3 is 6.09 Å². The van der Waals surface area contributed by atoms with E-state index in [4.69, 9.17) is 4.74 Å². The van der Waals surface area contributed by atoms with Gasteiger partial charge in [-0.25, -0.2) is 9.31 Å². The topological polar surface area (TPSA) is 56.6 Å². The lowest BCUT2D eigenvalue weighted by Crippen LogP contribution is -2.58. The second-order valence-corrected chi connectivity index (χ2v) is 10.8. The zero-order chi connectivity index (χ0) is 26.2. The van der Waals surface area contributed by atoms with Crippen LogP contribution in [0.4, 0.5) is 10.5 Å². The SMILES string of the molecule is CCOC(=O)N1CCN(c2ccnn3cc(-c4ccc([C@]5(C)CN(C(C)C)CCN5C)cc4)cc23)CC1. The Morgan fingerprint density at radius 1 is 1.03 bits per heavy atom. The summed E-state index contributed by atoms with van der Waals surface area (Å²) in [6, 6.07) is 13.9. The van der Waals surface area contributed by atoms with Gasteiger partial charge in [0.05, 0.1) is 23.3 Å². The zero-order valence-electron chi connectivity index (χ0n) is 22.9. The van der Waals surface area contributed by atoms with E-state index in [1.807, 2.05) is 17.6 Å². The third-order valence-corrected chi connectivity index (χ3v) is 8.28. The Kier molecular flexibility index (Phi) is 7.14. The molecule has 5 rings (SSSR count). The summed E-state index contributed by atoms with van der Waals surface area (Å²) in [5, 5.41) is 4.58. The molecule has 8 nitrogen and oxygen atoms in total. The Bertz CT molecular complexity index is 1230. The summed E-state index contributed by atoms with van der Waals surface area (Å²) in [7, 11) is 2.24. The summed E-state index contributed by atoms with van der Waals surface area (Å²) >= 11 is 0. The molecule has 0 saturated carbocycles. The Morgan fingerprint density at radius 3 is 2.43 bits per heavy atom. The molecule has 1 atom stereocenters. The number of amides is 1. The second-order valence-electron chi connectivity index (χ2n) is 10.8. The van der Waals surface area contributed by atoms with Gasteiger partial charge in [-0.05, 0) is 58.0 Å². The molecule has 0 spiro atoms. The standard InChI is InChI=1S/C29H40N6O2/c1-6-37-28(36)33-17-15-32(16-18-33)26-11-12-30-35-20-24(19-27(26)35)23-7-9-25(10-8-23)29(4)21-34(22(2)3)14-13-31(29)5/h7-12,19-20,22H,6,13-18,21H2,1-5H3/t29-/m0/s1. The van der Waals surface area contributed by atoms with E-state index >= 15 is 0 Å². The van der Waals surface area contributed by atoms with Gasteiger partial charge in [-0.1, -0.05) is 24.3 Å². The molecule has 198 valence electrons. The van der Waals surface area contributed by atoms with Gasteiger partial charge in [0.15, 0.2) is 0 Å². The van der Waals surface area contributed by atoms with E-state index in [1.165, 1.54) is 11.1 Å². The first-order valence-electron chi connectivity index (χ1n) is 13.5. The first kappa shape index (κ1) is 25.5. The van der Waals surface area contributed by atoms with Crippen molar-refractivity contribution in [1.82, 2.24) is 24.3 Å². The van der Waals surface area contributed by atoms with Gasteiger partial charge < -0.3 is 14.5 Å². The third kappa shape index (κ3) is 4.92. The van der Waals surface area contributed by atoms with Gasteiger partial charge in [-0.2, -0.15) is 5.10 Å². The number of piperazine rings is 2. The van der Waals surface area contributed by atoms with Crippen LogP contribution in [-0.2, 0) is 10.3 Å². The molecule has 4 heterocycles. The molecule has 1 aromatic carbocycles. The minimum Gasteiger partial charge on any atom is -0.450 e. The Hall–Kier alpha value is -3.10. The highest BCUT2D eigenvalue weighted by Gasteiger charge is 2.37. The number of ether oxygens (including phenoxy) is 1. The molecule has 0 unspecified atom stereocenters. The van der Waals surface area contributed by atoms with Crippen LogP contribution in [0.25, 0.3) is 16.6 Å². The molecule has 0 bridgehead atoms. The number of hydrogen-bond acceptors (Lipinski definition) is 6. The van der Waals surface area contributed by atoms with Crippen molar-refractivity contribution in [3.63, 3.8) is 0 Å². The number of rotatable bonds is 5. The van der Waals surface area contributed by atoms with Crippen LogP contribution < -0.4 is 4.90 Å². The molecule has 0 radical (unpaired) electrons. The molecule has 2 aliphatic heterocycles. The minimum absolute atomic E-state index is 0.00699. The Morgan fingerprint density at radius 2 is 1.76 bits per heavy atom. The normalized spacial score (nSPS) is 21.7. The van der Waals surface area contributed by atoms with Crippen molar-refractivity contribution in [3.05, 3.63) is 54.4 Å². The maximum atomic E-state index is 12.1. The summed E-state index contributed by atoms with van der Waals surface area (Å²) in [6.07, 6.45) is 3.74. The number of aromatic nitrogens is 2. The van der Waals surface area contributed by atoms with Gasteiger partial charge in [0.1, 0.15) is 0 Å². The molecule has 2 aromatic heterocycles. The fraction of sp³-hybridized carbons (Fsp3) is 0.517. The zero-order valence-corrected chi connectivity index (χ0v) is 22.9. The molecule has 8 heteroatoms. The molecular formula is C29H40N6O2. The van der Waals surface area contributed by atoms with E-state index < -0.39 is 0 Å².